The van der Waals surface area contributed by atoms with Gasteiger partial charge in [-0.1, -0.05) is 49.3 Å². The van der Waals surface area contributed by atoms with Gasteiger partial charge in [0.1, 0.15) is 4.99 Å². The van der Waals surface area contributed by atoms with Crippen LogP contribution < -0.4 is 5.73 Å². The Morgan fingerprint density at radius 1 is 1.06 bits per heavy atom. The van der Waals surface area contributed by atoms with Gasteiger partial charge in [0.05, 0.1) is 0 Å². The van der Waals surface area contributed by atoms with Crippen LogP contribution in [0.5, 0.6) is 0 Å². The lowest BCUT2D eigenvalue weighted by atomic mass is 10.1. The minimum Gasteiger partial charge on any atom is -0.389 e. The normalized spacial score (nSPS) is 17.6. The summed E-state index contributed by atoms with van der Waals surface area (Å²) in [4.78, 5) is 3.02. The summed E-state index contributed by atoms with van der Waals surface area (Å²) in [5.74, 6) is 0. The predicted octanol–water partition coefficient (Wildman–Crippen LogP) is 2.70. The van der Waals surface area contributed by atoms with Gasteiger partial charge in [-0.2, -0.15) is 0 Å². The molecule has 1 aliphatic heterocycles. The minimum absolute atomic E-state index is 0.478. The molecule has 0 atom stereocenters. The van der Waals surface area contributed by atoms with Gasteiger partial charge in [-0.15, -0.1) is 0 Å². The molecular formula is C14H20N2S. The van der Waals surface area contributed by atoms with Crippen molar-refractivity contribution < 1.29 is 0 Å². The Morgan fingerprint density at radius 2 is 1.65 bits per heavy atom. The van der Waals surface area contributed by atoms with Crippen LogP contribution in [-0.2, 0) is 6.54 Å². The Morgan fingerprint density at radius 3 is 2.18 bits per heavy atom. The molecule has 1 fully saturated rings. The van der Waals surface area contributed by atoms with Crippen LogP contribution in [0.4, 0.5) is 0 Å². The molecule has 3 heteroatoms. The van der Waals surface area contributed by atoms with Crippen LogP contribution in [0.3, 0.4) is 0 Å². The van der Waals surface area contributed by atoms with Crippen molar-refractivity contribution in [2.75, 3.05) is 13.1 Å². The zero-order valence-corrected chi connectivity index (χ0v) is 11.0. The Bertz CT molecular complexity index is 364. The molecule has 0 spiro atoms. The Kier molecular flexibility index (Phi) is 4.51. The third-order valence-corrected chi connectivity index (χ3v) is 3.58. The van der Waals surface area contributed by atoms with E-state index in [2.05, 4.69) is 17.0 Å². The third-order valence-electron chi connectivity index (χ3n) is 3.34. The molecule has 17 heavy (non-hydrogen) atoms. The summed E-state index contributed by atoms with van der Waals surface area (Å²) >= 11 is 4.95. The maximum absolute atomic E-state index is 5.59. The molecule has 0 aliphatic carbocycles. The third kappa shape index (κ3) is 3.79. The molecule has 2 N–H and O–H groups in total. The Hall–Kier alpha value is -0.930. The molecule has 92 valence electrons. The van der Waals surface area contributed by atoms with E-state index < -0.39 is 0 Å². The van der Waals surface area contributed by atoms with Crippen LogP contribution in [-0.4, -0.2) is 23.0 Å². The van der Waals surface area contributed by atoms with Crippen LogP contribution in [0.2, 0.25) is 0 Å². The lowest BCUT2D eigenvalue weighted by Gasteiger charge is -2.19. The van der Waals surface area contributed by atoms with Gasteiger partial charge in [-0.3, -0.25) is 4.90 Å². The lowest BCUT2D eigenvalue weighted by molar-refractivity contribution is 0.277. The van der Waals surface area contributed by atoms with Gasteiger partial charge in [-0.25, -0.2) is 0 Å². The highest BCUT2D eigenvalue weighted by Crippen LogP contribution is 2.13. The van der Waals surface area contributed by atoms with Crippen molar-refractivity contribution in [1.29, 1.82) is 0 Å². The topological polar surface area (TPSA) is 29.3 Å². The monoisotopic (exact) mass is 248 g/mol. The largest absolute Gasteiger partial charge is 0.389 e. The van der Waals surface area contributed by atoms with E-state index in [1.807, 2.05) is 12.1 Å². The van der Waals surface area contributed by atoms with Gasteiger partial charge in [0.2, 0.25) is 0 Å². The van der Waals surface area contributed by atoms with Gasteiger partial charge >= 0.3 is 0 Å². The molecule has 1 saturated heterocycles. The number of hydrogen-bond acceptors (Lipinski definition) is 2. The molecule has 1 aromatic carbocycles. The average molecular weight is 248 g/mol. The fourth-order valence-corrected chi connectivity index (χ4v) is 2.46. The van der Waals surface area contributed by atoms with Gasteiger partial charge in [0, 0.05) is 12.1 Å². The SMILES string of the molecule is NC(=S)c1ccc(CN2CCCCCC2)cc1. The standard InChI is InChI=1S/C14H20N2S/c15-14(17)13-7-5-12(6-8-13)11-16-9-3-1-2-4-10-16/h5-8H,1-4,9-11H2,(H2,15,17). The second kappa shape index (κ2) is 6.12. The molecule has 1 aliphatic rings. The molecular weight excluding hydrogens is 228 g/mol. The van der Waals surface area contributed by atoms with E-state index in [4.69, 9.17) is 18.0 Å². The second-order valence-corrected chi connectivity index (χ2v) is 5.19. The van der Waals surface area contributed by atoms with Crippen molar-refractivity contribution in [1.82, 2.24) is 4.90 Å². The van der Waals surface area contributed by atoms with Crippen molar-refractivity contribution in [3.63, 3.8) is 0 Å². The first-order chi connectivity index (χ1) is 8.25. The second-order valence-electron chi connectivity index (χ2n) is 4.75. The molecule has 0 amide bonds. The van der Waals surface area contributed by atoms with Gasteiger partial charge in [-0.05, 0) is 31.5 Å². The van der Waals surface area contributed by atoms with E-state index in [1.165, 1.54) is 44.3 Å². The number of hydrogen-bond donors (Lipinski definition) is 1. The lowest BCUT2D eigenvalue weighted by Crippen LogP contribution is -2.24. The number of rotatable bonds is 3. The highest BCUT2D eigenvalue weighted by atomic mass is 32.1. The maximum atomic E-state index is 5.59. The van der Waals surface area contributed by atoms with Crippen molar-refractivity contribution in [2.24, 2.45) is 5.73 Å². The smallest absolute Gasteiger partial charge is 0.103 e. The van der Waals surface area contributed by atoms with E-state index in [-0.39, 0.29) is 0 Å². The average Bonchev–Trinajstić information content (AvgIpc) is 2.58. The molecule has 0 bridgehead atoms. The summed E-state index contributed by atoms with van der Waals surface area (Å²) in [6, 6.07) is 8.32. The summed E-state index contributed by atoms with van der Waals surface area (Å²) < 4.78 is 0. The van der Waals surface area contributed by atoms with Crippen molar-refractivity contribution in [3.8, 4) is 0 Å². The van der Waals surface area contributed by atoms with E-state index in [1.54, 1.807) is 0 Å². The summed E-state index contributed by atoms with van der Waals surface area (Å²) in [6.45, 7) is 3.52. The summed E-state index contributed by atoms with van der Waals surface area (Å²) in [6.07, 6.45) is 5.45. The number of likely N-dealkylation sites (tertiary alicyclic amines) is 1. The van der Waals surface area contributed by atoms with E-state index in [0.717, 1.165) is 12.1 Å². The van der Waals surface area contributed by atoms with Gasteiger partial charge in [0.15, 0.2) is 0 Å². The summed E-state index contributed by atoms with van der Waals surface area (Å²) in [5.41, 5.74) is 7.90. The van der Waals surface area contributed by atoms with Crippen LogP contribution >= 0.6 is 12.2 Å². The van der Waals surface area contributed by atoms with Crippen LogP contribution in [0, 0.1) is 0 Å². The number of nitrogens with zero attached hydrogens (tertiary/aromatic N) is 1. The molecule has 1 heterocycles. The Balaban J connectivity index is 1.95. The van der Waals surface area contributed by atoms with Crippen LogP contribution in [0.1, 0.15) is 36.8 Å². The summed E-state index contributed by atoms with van der Waals surface area (Å²) in [7, 11) is 0. The highest BCUT2D eigenvalue weighted by Gasteiger charge is 2.09. The summed E-state index contributed by atoms with van der Waals surface area (Å²) in [5, 5.41) is 0. The first kappa shape index (κ1) is 12.5. The zero-order valence-electron chi connectivity index (χ0n) is 10.2. The molecule has 0 aromatic heterocycles. The van der Waals surface area contributed by atoms with E-state index >= 15 is 0 Å². The fourth-order valence-electron chi connectivity index (χ4n) is 2.33. The number of nitrogens with two attached hydrogens (primary N) is 1. The van der Waals surface area contributed by atoms with E-state index in [0.29, 0.717) is 4.99 Å². The fraction of sp³-hybridized carbons (Fsp3) is 0.500. The van der Waals surface area contributed by atoms with Gasteiger partial charge < -0.3 is 5.73 Å². The quantitative estimate of drug-likeness (QED) is 0.834. The minimum atomic E-state index is 0.478. The first-order valence-electron chi connectivity index (χ1n) is 6.37. The first-order valence-corrected chi connectivity index (χ1v) is 6.77. The predicted molar refractivity (Wildman–Crippen MR) is 76.1 cm³/mol. The van der Waals surface area contributed by atoms with E-state index in [9.17, 15) is 0 Å². The maximum Gasteiger partial charge on any atom is 0.103 e. The van der Waals surface area contributed by atoms with Gasteiger partial charge in [0.25, 0.3) is 0 Å². The molecule has 1 aromatic rings. The van der Waals surface area contributed by atoms with Crippen LogP contribution in [0.25, 0.3) is 0 Å². The zero-order chi connectivity index (χ0) is 12.1. The Labute approximate surface area is 109 Å². The highest BCUT2D eigenvalue weighted by molar-refractivity contribution is 7.80. The molecule has 0 unspecified atom stereocenters. The number of benzene rings is 1. The molecule has 2 nitrogen and oxygen atoms in total. The number of thiocarbonyl (C=S) groups is 1. The van der Waals surface area contributed by atoms with Crippen molar-refractivity contribution in [3.05, 3.63) is 35.4 Å². The molecule has 2 rings (SSSR count). The molecule has 0 saturated carbocycles. The van der Waals surface area contributed by atoms with Crippen molar-refractivity contribution in [2.45, 2.75) is 32.2 Å². The molecule has 0 radical (unpaired) electrons. The van der Waals surface area contributed by atoms with Crippen molar-refractivity contribution >= 4 is 17.2 Å². The van der Waals surface area contributed by atoms with Crippen LogP contribution in [0.15, 0.2) is 24.3 Å².